The van der Waals surface area contributed by atoms with E-state index in [1.807, 2.05) is 6.07 Å². The number of carbonyl (C=O) groups is 2. The Morgan fingerprint density at radius 3 is 2.30 bits per heavy atom. The summed E-state index contributed by atoms with van der Waals surface area (Å²) in [6, 6.07) is 11.4. The van der Waals surface area contributed by atoms with E-state index in [4.69, 9.17) is 5.11 Å². The summed E-state index contributed by atoms with van der Waals surface area (Å²) < 4.78 is 1.52. The minimum Gasteiger partial charge on any atom is -0.478 e. The summed E-state index contributed by atoms with van der Waals surface area (Å²) in [6.07, 6.45) is 0. The third kappa shape index (κ3) is 3.26. The number of anilines is 1. The Morgan fingerprint density at radius 1 is 1.00 bits per heavy atom. The quantitative estimate of drug-likeness (QED) is 0.815. The Balaban J connectivity index is 2.33. The molecule has 2 aromatic carbocycles. The molecule has 0 bridgehead atoms. The van der Waals surface area contributed by atoms with E-state index >= 15 is 0 Å². The molecule has 102 valence electrons. The van der Waals surface area contributed by atoms with Crippen LogP contribution < -0.4 is 5.32 Å². The molecule has 4 nitrogen and oxygen atoms in total. The molecule has 0 aliphatic heterocycles. The molecule has 0 aliphatic carbocycles. The number of hydrogen-bond donors (Lipinski definition) is 2. The molecule has 0 spiro atoms. The minimum atomic E-state index is -1.14. The lowest BCUT2D eigenvalue weighted by Gasteiger charge is -2.09. The van der Waals surface area contributed by atoms with Crippen molar-refractivity contribution >= 4 is 49.4 Å². The largest absolute Gasteiger partial charge is 0.478 e. The zero-order valence-corrected chi connectivity index (χ0v) is 13.2. The second-order valence-corrected chi connectivity index (χ2v) is 5.70. The molecule has 6 heteroatoms. The summed E-state index contributed by atoms with van der Waals surface area (Å²) in [4.78, 5) is 23.3. The van der Waals surface area contributed by atoms with Gasteiger partial charge in [0, 0.05) is 8.95 Å². The molecule has 0 aliphatic rings. The smallest absolute Gasteiger partial charge is 0.336 e. The van der Waals surface area contributed by atoms with Crippen molar-refractivity contribution in [2.45, 2.75) is 0 Å². The molecular formula is C14H9Br2NO3. The van der Waals surface area contributed by atoms with Crippen molar-refractivity contribution in [1.82, 2.24) is 0 Å². The van der Waals surface area contributed by atoms with Crippen LogP contribution in [0.1, 0.15) is 20.7 Å². The van der Waals surface area contributed by atoms with Gasteiger partial charge in [-0.3, -0.25) is 4.79 Å². The molecule has 0 atom stereocenters. The van der Waals surface area contributed by atoms with Gasteiger partial charge in [0.2, 0.25) is 0 Å². The van der Waals surface area contributed by atoms with E-state index in [2.05, 4.69) is 37.2 Å². The molecule has 0 aromatic heterocycles. The molecule has 0 heterocycles. The van der Waals surface area contributed by atoms with Crippen LogP contribution in [0, 0.1) is 0 Å². The van der Waals surface area contributed by atoms with Gasteiger partial charge in [-0.05, 0) is 46.3 Å². The van der Waals surface area contributed by atoms with Gasteiger partial charge in [-0.15, -0.1) is 0 Å². The van der Waals surface area contributed by atoms with E-state index in [0.717, 1.165) is 4.47 Å². The predicted octanol–water partition coefficient (Wildman–Crippen LogP) is 4.16. The SMILES string of the molecule is O=C(O)c1ccccc1C(=O)Nc1cc(Br)ccc1Br. The summed E-state index contributed by atoms with van der Waals surface area (Å²) in [6.45, 7) is 0. The van der Waals surface area contributed by atoms with Crippen molar-refractivity contribution in [2.75, 3.05) is 5.32 Å². The van der Waals surface area contributed by atoms with Crippen LogP contribution in [0.3, 0.4) is 0 Å². The van der Waals surface area contributed by atoms with Crippen molar-refractivity contribution in [3.8, 4) is 0 Å². The van der Waals surface area contributed by atoms with Crippen LogP contribution in [0.15, 0.2) is 51.4 Å². The first-order chi connectivity index (χ1) is 9.49. The van der Waals surface area contributed by atoms with E-state index in [0.29, 0.717) is 10.2 Å². The maximum atomic E-state index is 12.2. The zero-order chi connectivity index (χ0) is 14.7. The average molecular weight is 399 g/mol. The second-order valence-electron chi connectivity index (χ2n) is 3.93. The van der Waals surface area contributed by atoms with Crippen LogP contribution in [-0.2, 0) is 0 Å². The number of amides is 1. The maximum absolute atomic E-state index is 12.2. The van der Waals surface area contributed by atoms with Gasteiger partial charge in [0.05, 0.1) is 16.8 Å². The molecule has 0 saturated heterocycles. The summed E-state index contributed by atoms with van der Waals surface area (Å²) in [7, 11) is 0. The number of nitrogens with one attached hydrogen (secondary N) is 1. The predicted molar refractivity (Wildman–Crippen MR) is 83.2 cm³/mol. The van der Waals surface area contributed by atoms with Crippen molar-refractivity contribution in [3.63, 3.8) is 0 Å². The number of carboxylic acid groups (broad SMARTS) is 1. The maximum Gasteiger partial charge on any atom is 0.336 e. The molecule has 0 unspecified atom stereocenters. The van der Waals surface area contributed by atoms with E-state index in [-0.39, 0.29) is 11.1 Å². The highest BCUT2D eigenvalue weighted by Crippen LogP contribution is 2.26. The highest BCUT2D eigenvalue weighted by molar-refractivity contribution is 9.11. The fourth-order valence-corrected chi connectivity index (χ4v) is 2.36. The van der Waals surface area contributed by atoms with E-state index in [1.54, 1.807) is 24.3 Å². The highest BCUT2D eigenvalue weighted by atomic mass is 79.9. The van der Waals surface area contributed by atoms with E-state index < -0.39 is 11.9 Å². The summed E-state index contributed by atoms with van der Waals surface area (Å²) >= 11 is 6.64. The second kappa shape index (κ2) is 6.19. The fourth-order valence-electron chi connectivity index (χ4n) is 1.65. The van der Waals surface area contributed by atoms with Crippen LogP contribution in [0.2, 0.25) is 0 Å². The van der Waals surface area contributed by atoms with Gasteiger partial charge in [0.15, 0.2) is 0 Å². The molecule has 0 saturated carbocycles. The molecule has 2 aromatic rings. The van der Waals surface area contributed by atoms with Gasteiger partial charge in [-0.2, -0.15) is 0 Å². The Morgan fingerprint density at radius 2 is 1.65 bits per heavy atom. The fraction of sp³-hybridized carbons (Fsp3) is 0. The van der Waals surface area contributed by atoms with Crippen molar-refractivity contribution < 1.29 is 14.7 Å². The van der Waals surface area contributed by atoms with Gasteiger partial charge in [0.25, 0.3) is 5.91 Å². The molecule has 0 radical (unpaired) electrons. The van der Waals surface area contributed by atoms with Crippen LogP contribution in [0.25, 0.3) is 0 Å². The topological polar surface area (TPSA) is 66.4 Å². The molecular weight excluding hydrogens is 390 g/mol. The Bertz CT molecular complexity index is 686. The van der Waals surface area contributed by atoms with E-state index in [9.17, 15) is 9.59 Å². The third-order valence-corrected chi connectivity index (χ3v) is 3.76. The number of carbonyl (C=O) groups excluding carboxylic acids is 1. The number of halogens is 2. The van der Waals surface area contributed by atoms with Gasteiger partial charge < -0.3 is 10.4 Å². The van der Waals surface area contributed by atoms with Crippen molar-refractivity contribution in [3.05, 3.63) is 62.5 Å². The van der Waals surface area contributed by atoms with Crippen LogP contribution in [-0.4, -0.2) is 17.0 Å². The Hall–Kier alpha value is -1.66. The third-order valence-electron chi connectivity index (χ3n) is 2.58. The Kier molecular flexibility index (Phi) is 4.57. The lowest BCUT2D eigenvalue weighted by atomic mass is 10.1. The summed E-state index contributed by atoms with van der Waals surface area (Å²) in [5.74, 6) is -1.61. The first kappa shape index (κ1) is 14.7. The van der Waals surface area contributed by atoms with Crippen LogP contribution >= 0.6 is 31.9 Å². The first-order valence-electron chi connectivity index (χ1n) is 5.58. The van der Waals surface area contributed by atoms with E-state index in [1.165, 1.54) is 12.1 Å². The van der Waals surface area contributed by atoms with Crippen molar-refractivity contribution in [2.24, 2.45) is 0 Å². The standard InChI is InChI=1S/C14H9Br2NO3/c15-8-5-6-11(16)12(7-8)17-13(18)9-3-1-2-4-10(9)14(19)20/h1-7H,(H,17,18)(H,19,20). The monoisotopic (exact) mass is 397 g/mol. The van der Waals surface area contributed by atoms with Crippen LogP contribution in [0.5, 0.6) is 0 Å². The number of hydrogen-bond acceptors (Lipinski definition) is 2. The summed E-state index contributed by atoms with van der Waals surface area (Å²) in [5, 5.41) is 11.8. The molecule has 2 rings (SSSR count). The molecule has 2 N–H and O–H groups in total. The van der Waals surface area contributed by atoms with Crippen LogP contribution in [0.4, 0.5) is 5.69 Å². The zero-order valence-electron chi connectivity index (χ0n) is 10.1. The minimum absolute atomic E-state index is 0.0314. The lowest BCUT2D eigenvalue weighted by molar-refractivity contribution is 0.0692. The normalized spacial score (nSPS) is 10.1. The number of carboxylic acids is 1. The lowest BCUT2D eigenvalue weighted by Crippen LogP contribution is -2.16. The highest BCUT2D eigenvalue weighted by Gasteiger charge is 2.16. The number of aromatic carboxylic acids is 1. The summed E-state index contributed by atoms with van der Waals surface area (Å²) in [5.41, 5.74) is 0.646. The average Bonchev–Trinajstić information content (AvgIpc) is 2.42. The first-order valence-corrected chi connectivity index (χ1v) is 7.16. The van der Waals surface area contributed by atoms with Gasteiger partial charge in [-0.1, -0.05) is 28.1 Å². The van der Waals surface area contributed by atoms with Gasteiger partial charge >= 0.3 is 5.97 Å². The molecule has 20 heavy (non-hydrogen) atoms. The number of rotatable bonds is 3. The van der Waals surface area contributed by atoms with Gasteiger partial charge in [0.1, 0.15) is 0 Å². The van der Waals surface area contributed by atoms with Gasteiger partial charge in [-0.25, -0.2) is 4.79 Å². The molecule has 0 fully saturated rings. The number of benzene rings is 2. The Labute approximate surface area is 132 Å². The van der Waals surface area contributed by atoms with Crippen molar-refractivity contribution in [1.29, 1.82) is 0 Å². The molecule has 1 amide bonds.